The van der Waals surface area contributed by atoms with Crippen molar-refractivity contribution < 1.29 is 48.7 Å². The Morgan fingerprint density at radius 1 is 1.07 bits per heavy atom. The fraction of sp³-hybridized carbons (Fsp3) is 0.791. The lowest BCUT2D eigenvalue weighted by Gasteiger charge is -2.38. The second-order valence-corrected chi connectivity index (χ2v) is 16.8. The largest absolute Gasteiger partial charge is 0.443 e. The number of allylic oxidation sites excluding steroid dienone is 2. The number of amides is 1. The lowest BCUT2D eigenvalue weighted by atomic mass is 9.71. The van der Waals surface area contributed by atoms with Crippen molar-refractivity contribution in [2.75, 3.05) is 0 Å². The van der Waals surface area contributed by atoms with Gasteiger partial charge in [-0.05, 0) is 100 Å². The van der Waals surface area contributed by atoms with Gasteiger partial charge in [0.05, 0.1) is 24.7 Å². The summed E-state index contributed by atoms with van der Waals surface area (Å²) in [6.45, 7) is 17.9. The predicted octanol–water partition coefficient (Wildman–Crippen LogP) is 7.10. The topological polar surface area (TPSA) is 175 Å². The maximum Gasteiger partial charge on any atom is 0.404 e. The van der Waals surface area contributed by atoms with Crippen LogP contribution in [0.2, 0.25) is 0 Å². The van der Waals surface area contributed by atoms with Crippen molar-refractivity contribution in [1.29, 1.82) is 0 Å². The van der Waals surface area contributed by atoms with Crippen molar-refractivity contribution in [3.05, 3.63) is 35.5 Å². The number of fused-ring (bicyclic) bond motifs is 2. The van der Waals surface area contributed by atoms with Crippen LogP contribution in [-0.4, -0.2) is 81.7 Å². The first-order chi connectivity index (χ1) is 25.4. The van der Waals surface area contributed by atoms with Crippen molar-refractivity contribution in [2.24, 2.45) is 41.2 Å². The van der Waals surface area contributed by atoms with E-state index >= 15 is 0 Å². The molecule has 0 aromatic heterocycles. The highest BCUT2D eigenvalue weighted by Gasteiger charge is 2.41. The Bertz CT molecular complexity index is 1330. The minimum Gasteiger partial charge on any atom is -0.443 e. The zero-order valence-corrected chi connectivity index (χ0v) is 34.4. The first-order valence-electron chi connectivity index (χ1n) is 20.5. The van der Waals surface area contributed by atoms with E-state index in [9.17, 15) is 29.7 Å². The van der Waals surface area contributed by atoms with Crippen LogP contribution in [0.3, 0.4) is 0 Å². The third-order valence-electron chi connectivity index (χ3n) is 12.1. The van der Waals surface area contributed by atoms with E-state index in [2.05, 4.69) is 39.0 Å². The molecule has 2 bridgehead atoms. The summed E-state index contributed by atoms with van der Waals surface area (Å²) in [5, 5.41) is 33.4. The van der Waals surface area contributed by atoms with Crippen LogP contribution in [0, 0.1) is 35.5 Å². The van der Waals surface area contributed by atoms with Gasteiger partial charge in [-0.25, -0.2) is 4.79 Å². The Morgan fingerprint density at radius 3 is 2.41 bits per heavy atom. The summed E-state index contributed by atoms with van der Waals surface area (Å²) in [5.41, 5.74) is 7.23. The minimum atomic E-state index is -1.60. The van der Waals surface area contributed by atoms with Gasteiger partial charge >= 0.3 is 6.09 Å². The fourth-order valence-electron chi connectivity index (χ4n) is 8.85. The van der Waals surface area contributed by atoms with Gasteiger partial charge in [0.15, 0.2) is 12.1 Å². The zero-order valence-electron chi connectivity index (χ0n) is 34.4. The molecule has 0 spiro atoms. The Morgan fingerprint density at radius 2 is 1.76 bits per heavy atom. The molecular formula is C43H71NO10. The molecular weight excluding hydrogens is 690 g/mol. The van der Waals surface area contributed by atoms with E-state index in [-0.39, 0.29) is 72.9 Å². The lowest BCUT2D eigenvalue weighted by Crippen LogP contribution is -2.50. The average Bonchev–Trinajstić information content (AvgIpc) is 3.10. The number of ether oxygens (including phenoxy) is 4. The van der Waals surface area contributed by atoms with Crippen molar-refractivity contribution >= 4 is 17.7 Å². The SMILES string of the molecule is CCC(=O)C(CC)C(O)C(C)CC(C)C1CC(=O)CC2(O)CC=C(C)C(O2)C(C)=CCCCC(OC2CC(OC(N)=O)C(O)C(C)O2)C=CC(C)CC1C. The summed E-state index contributed by atoms with van der Waals surface area (Å²) >= 11 is 0. The number of hydrogen-bond acceptors (Lipinski definition) is 10. The van der Waals surface area contributed by atoms with Gasteiger partial charge in [0, 0.05) is 31.6 Å². The van der Waals surface area contributed by atoms with E-state index in [4.69, 9.17) is 24.7 Å². The number of carbonyl (C=O) groups excluding carboxylic acids is 3. The molecule has 3 aliphatic heterocycles. The number of ketones is 2. The smallest absolute Gasteiger partial charge is 0.404 e. The predicted molar refractivity (Wildman–Crippen MR) is 208 cm³/mol. The van der Waals surface area contributed by atoms with E-state index in [0.717, 1.165) is 30.4 Å². The van der Waals surface area contributed by atoms with E-state index in [1.807, 2.05) is 40.7 Å². The van der Waals surface area contributed by atoms with Crippen LogP contribution >= 0.6 is 0 Å². The molecule has 0 aromatic rings. The molecule has 3 aliphatic rings. The molecule has 3 heterocycles. The average molecular weight is 762 g/mol. The van der Waals surface area contributed by atoms with E-state index < -0.39 is 54.6 Å². The second-order valence-electron chi connectivity index (χ2n) is 16.8. The van der Waals surface area contributed by atoms with Crippen molar-refractivity contribution in [1.82, 2.24) is 0 Å². The van der Waals surface area contributed by atoms with Gasteiger partial charge in [-0.15, -0.1) is 0 Å². The van der Waals surface area contributed by atoms with Crippen molar-refractivity contribution in [2.45, 2.75) is 182 Å². The van der Waals surface area contributed by atoms with E-state index in [1.165, 1.54) is 0 Å². The monoisotopic (exact) mass is 762 g/mol. The Kier molecular flexibility index (Phi) is 18.1. The first kappa shape index (κ1) is 46.0. The number of nitrogens with two attached hydrogens (primary N) is 1. The quantitative estimate of drug-likeness (QED) is 0.159. The van der Waals surface area contributed by atoms with Gasteiger partial charge in [-0.2, -0.15) is 0 Å². The highest BCUT2D eigenvalue weighted by atomic mass is 16.7. The van der Waals surface area contributed by atoms with Crippen molar-refractivity contribution in [3.8, 4) is 0 Å². The number of aliphatic hydroxyl groups excluding tert-OH is 2. The van der Waals surface area contributed by atoms with Gasteiger partial charge < -0.3 is 40.0 Å². The summed E-state index contributed by atoms with van der Waals surface area (Å²) < 4.78 is 23.9. The van der Waals surface area contributed by atoms with Crippen molar-refractivity contribution in [3.63, 3.8) is 0 Å². The molecule has 14 atom stereocenters. The molecule has 3 rings (SSSR count). The molecule has 54 heavy (non-hydrogen) atoms. The molecule has 11 nitrogen and oxygen atoms in total. The first-order valence-corrected chi connectivity index (χ1v) is 20.5. The Hall–Kier alpha value is -2.41. The van der Waals surface area contributed by atoms with Gasteiger partial charge in [0.25, 0.3) is 0 Å². The third-order valence-corrected chi connectivity index (χ3v) is 12.1. The molecule has 1 fully saturated rings. The summed E-state index contributed by atoms with van der Waals surface area (Å²) in [5.74, 6) is -1.88. The van der Waals surface area contributed by atoms with Crippen LogP contribution in [-0.2, 0) is 28.5 Å². The van der Waals surface area contributed by atoms with Gasteiger partial charge in [-0.3, -0.25) is 9.59 Å². The molecule has 14 unspecified atom stereocenters. The zero-order chi connectivity index (χ0) is 40.3. The molecule has 1 amide bonds. The van der Waals surface area contributed by atoms with Crippen LogP contribution in [0.25, 0.3) is 0 Å². The molecule has 0 saturated carbocycles. The summed E-state index contributed by atoms with van der Waals surface area (Å²) in [7, 11) is 0. The Labute approximate surface area is 324 Å². The fourth-order valence-corrected chi connectivity index (χ4v) is 8.85. The number of carbonyl (C=O) groups is 3. The summed E-state index contributed by atoms with van der Waals surface area (Å²) in [6.07, 6.45) is 7.75. The van der Waals surface area contributed by atoms with Crippen LogP contribution in [0.5, 0.6) is 0 Å². The minimum absolute atomic E-state index is 0.0384. The molecule has 308 valence electrons. The summed E-state index contributed by atoms with van der Waals surface area (Å²) in [6, 6.07) is 0. The highest BCUT2D eigenvalue weighted by Crippen LogP contribution is 2.38. The summed E-state index contributed by atoms with van der Waals surface area (Å²) in [4.78, 5) is 38.0. The standard InChI is InChI=1S/C43H71NO10/c1-10-34(36(46)11-2)39(47)30(8)21-29(7)35-22-32(45)24-43(50)19-18-27(5)41(54-43)26(4)14-12-13-15-33(17-16-25(3)20-28(35)6)52-38-23-37(53-42(44)49)40(48)31(9)51-38/h14,16-18,25,28-31,33-35,37-41,47-48,50H,10-13,15,19-24H2,1-9H3,(H2,44,49). The van der Waals surface area contributed by atoms with Gasteiger partial charge in [0.1, 0.15) is 29.9 Å². The van der Waals surface area contributed by atoms with Crippen LogP contribution in [0.4, 0.5) is 4.79 Å². The normalized spacial score (nSPS) is 35.7. The maximum atomic E-state index is 13.9. The number of primary amides is 1. The molecule has 0 radical (unpaired) electrons. The number of rotatable bonds is 11. The molecule has 0 aromatic carbocycles. The second kappa shape index (κ2) is 21.2. The third kappa shape index (κ3) is 13.4. The molecule has 11 heteroatoms. The highest BCUT2D eigenvalue weighted by molar-refractivity contribution is 5.81. The van der Waals surface area contributed by atoms with Gasteiger partial charge in [0.2, 0.25) is 0 Å². The van der Waals surface area contributed by atoms with Crippen LogP contribution < -0.4 is 5.73 Å². The number of aliphatic hydroxyl groups is 3. The number of hydrogen-bond donors (Lipinski definition) is 4. The molecule has 1 saturated heterocycles. The lowest BCUT2D eigenvalue weighted by molar-refractivity contribution is -0.254. The molecule has 0 aliphatic carbocycles. The maximum absolute atomic E-state index is 13.9. The Balaban J connectivity index is 1.90. The van der Waals surface area contributed by atoms with Gasteiger partial charge in [-0.1, -0.05) is 65.8 Å². The van der Waals surface area contributed by atoms with Crippen LogP contribution in [0.15, 0.2) is 35.5 Å². The number of Topliss-reactive ketones (excluding diaryl/α,β-unsaturated/α-hetero) is 2. The van der Waals surface area contributed by atoms with Crippen LogP contribution in [0.1, 0.15) is 133 Å². The van der Waals surface area contributed by atoms with E-state index in [1.54, 1.807) is 6.92 Å². The molecule has 5 N–H and O–H groups in total. The van der Waals surface area contributed by atoms with E-state index in [0.29, 0.717) is 25.7 Å².